The summed E-state index contributed by atoms with van der Waals surface area (Å²) in [5.74, 6) is 0.385. The Morgan fingerprint density at radius 3 is 2.83 bits per heavy atom. The molecule has 0 aromatic carbocycles. The first-order chi connectivity index (χ1) is 11.5. The van der Waals surface area contributed by atoms with E-state index >= 15 is 0 Å². The molecule has 126 valence electrons. The van der Waals surface area contributed by atoms with Gasteiger partial charge in [0.15, 0.2) is 5.16 Å². The van der Waals surface area contributed by atoms with Crippen LogP contribution in [0.5, 0.6) is 0 Å². The Bertz CT molecular complexity index is 883. The van der Waals surface area contributed by atoms with Gasteiger partial charge in [0.1, 0.15) is 12.0 Å². The van der Waals surface area contributed by atoms with Crippen molar-refractivity contribution in [2.24, 2.45) is 7.05 Å². The van der Waals surface area contributed by atoms with Gasteiger partial charge in [0.05, 0.1) is 24.1 Å². The second-order valence-electron chi connectivity index (χ2n) is 5.67. The summed E-state index contributed by atoms with van der Waals surface area (Å²) in [7, 11) is 1.93. The van der Waals surface area contributed by atoms with E-state index in [0.29, 0.717) is 18.0 Å². The van der Waals surface area contributed by atoms with Gasteiger partial charge in [-0.1, -0.05) is 25.6 Å². The van der Waals surface area contributed by atoms with Gasteiger partial charge in [-0.15, -0.1) is 0 Å². The summed E-state index contributed by atoms with van der Waals surface area (Å²) in [5.41, 5.74) is 2.17. The van der Waals surface area contributed by atoms with Crippen molar-refractivity contribution in [1.82, 2.24) is 34.4 Å². The van der Waals surface area contributed by atoms with Crippen LogP contribution >= 0.6 is 11.8 Å². The predicted octanol–water partition coefficient (Wildman–Crippen LogP) is 1.63. The van der Waals surface area contributed by atoms with Crippen molar-refractivity contribution in [1.29, 1.82) is 0 Å². The van der Waals surface area contributed by atoms with Gasteiger partial charge in [0, 0.05) is 7.05 Å². The Morgan fingerprint density at radius 2 is 2.17 bits per heavy atom. The lowest BCUT2D eigenvalue weighted by molar-refractivity contribution is 0.0945. The lowest BCUT2D eigenvalue weighted by atomic mass is 10.1. The molecule has 8 nitrogen and oxygen atoms in total. The third kappa shape index (κ3) is 2.99. The van der Waals surface area contributed by atoms with Crippen LogP contribution in [0.4, 0.5) is 0 Å². The summed E-state index contributed by atoms with van der Waals surface area (Å²) < 4.78 is 3.62. The van der Waals surface area contributed by atoms with Crippen LogP contribution in [0.3, 0.4) is 0 Å². The number of imidazole rings is 1. The highest BCUT2D eigenvalue weighted by atomic mass is 32.2. The van der Waals surface area contributed by atoms with Crippen molar-refractivity contribution in [3.05, 3.63) is 35.7 Å². The van der Waals surface area contributed by atoms with Gasteiger partial charge in [-0.25, -0.2) is 14.5 Å². The monoisotopic (exact) mass is 345 g/mol. The molecular formula is C15H19N7OS. The summed E-state index contributed by atoms with van der Waals surface area (Å²) in [6.45, 7) is 4.47. The Balaban J connectivity index is 1.82. The minimum Gasteiger partial charge on any atom is -0.345 e. The number of carbonyl (C=O) groups excluding carboxylic acids is 1. The van der Waals surface area contributed by atoms with Crippen LogP contribution in [-0.4, -0.2) is 41.3 Å². The van der Waals surface area contributed by atoms with Gasteiger partial charge >= 0.3 is 0 Å². The molecule has 3 aromatic rings. The van der Waals surface area contributed by atoms with Crippen LogP contribution in [0.2, 0.25) is 0 Å². The van der Waals surface area contributed by atoms with E-state index in [1.165, 1.54) is 6.33 Å². The molecule has 0 bridgehead atoms. The number of aromatic nitrogens is 6. The highest BCUT2D eigenvalue weighted by Crippen LogP contribution is 2.16. The van der Waals surface area contributed by atoms with Crippen molar-refractivity contribution in [3.63, 3.8) is 0 Å². The van der Waals surface area contributed by atoms with Gasteiger partial charge in [0.2, 0.25) is 0 Å². The van der Waals surface area contributed by atoms with Crippen LogP contribution in [0.1, 0.15) is 41.6 Å². The largest absolute Gasteiger partial charge is 0.345 e. The fourth-order valence-electron chi connectivity index (χ4n) is 2.40. The van der Waals surface area contributed by atoms with Gasteiger partial charge in [0.25, 0.3) is 11.7 Å². The topological polar surface area (TPSA) is 90.0 Å². The molecule has 0 aliphatic carbocycles. The van der Waals surface area contributed by atoms with Crippen LogP contribution in [0, 0.1) is 0 Å². The summed E-state index contributed by atoms with van der Waals surface area (Å²) in [4.78, 5) is 25.2. The van der Waals surface area contributed by atoms with Gasteiger partial charge in [-0.3, -0.25) is 4.79 Å². The third-order valence-electron chi connectivity index (χ3n) is 3.76. The van der Waals surface area contributed by atoms with E-state index in [9.17, 15) is 4.79 Å². The first kappa shape index (κ1) is 16.4. The van der Waals surface area contributed by atoms with Crippen molar-refractivity contribution in [3.8, 4) is 0 Å². The van der Waals surface area contributed by atoms with Crippen LogP contribution in [-0.2, 0) is 13.6 Å². The number of hydrogen-bond donors (Lipinski definition) is 1. The Labute approximate surface area is 143 Å². The molecule has 0 spiro atoms. The average Bonchev–Trinajstić information content (AvgIpc) is 3.17. The van der Waals surface area contributed by atoms with Crippen LogP contribution in [0.25, 0.3) is 5.78 Å². The molecule has 1 amide bonds. The van der Waals surface area contributed by atoms with E-state index in [0.717, 1.165) is 16.5 Å². The number of nitrogens with one attached hydrogen (secondary N) is 1. The maximum Gasteiger partial charge on any atom is 0.270 e. The van der Waals surface area contributed by atoms with E-state index < -0.39 is 0 Å². The maximum absolute atomic E-state index is 12.5. The molecule has 0 atom stereocenters. The van der Waals surface area contributed by atoms with Crippen molar-refractivity contribution in [2.45, 2.75) is 31.5 Å². The van der Waals surface area contributed by atoms with Gasteiger partial charge in [-0.2, -0.15) is 10.1 Å². The fraction of sp³-hybridized carbons (Fsp3) is 0.400. The molecule has 9 heteroatoms. The predicted molar refractivity (Wildman–Crippen MR) is 91.0 cm³/mol. The molecule has 24 heavy (non-hydrogen) atoms. The zero-order valence-electron chi connectivity index (χ0n) is 14.0. The minimum absolute atomic E-state index is 0.199. The second-order valence-corrected chi connectivity index (χ2v) is 6.44. The minimum atomic E-state index is -0.241. The molecule has 3 rings (SSSR count). The smallest absolute Gasteiger partial charge is 0.270 e. The Morgan fingerprint density at radius 1 is 1.38 bits per heavy atom. The van der Waals surface area contributed by atoms with E-state index in [1.54, 1.807) is 28.5 Å². The van der Waals surface area contributed by atoms with Crippen molar-refractivity contribution < 1.29 is 4.79 Å². The van der Waals surface area contributed by atoms with Crippen LogP contribution in [0.15, 0.2) is 23.7 Å². The zero-order valence-corrected chi connectivity index (χ0v) is 14.8. The third-order valence-corrected chi connectivity index (χ3v) is 4.50. The quantitative estimate of drug-likeness (QED) is 0.707. The van der Waals surface area contributed by atoms with Crippen molar-refractivity contribution in [2.75, 3.05) is 6.26 Å². The standard InChI is InChI=1S/C15H19N7OS/c1-9(2)12-5-11(20-14-18-8-19-22(12)14)13(23)16-6-10-7-17-15(24-4)21(10)3/h5,7-9H,6H2,1-4H3,(H,16,23). The van der Waals surface area contributed by atoms with Crippen LogP contribution < -0.4 is 5.32 Å². The van der Waals surface area contributed by atoms with E-state index in [1.807, 2.05) is 31.7 Å². The molecule has 0 fully saturated rings. The first-order valence-corrected chi connectivity index (χ1v) is 8.77. The molecule has 3 aromatic heterocycles. The summed E-state index contributed by atoms with van der Waals surface area (Å²) in [6, 6.07) is 1.76. The molecule has 1 N–H and O–H groups in total. The first-order valence-electron chi connectivity index (χ1n) is 7.54. The lowest BCUT2D eigenvalue weighted by Crippen LogP contribution is -2.25. The van der Waals surface area contributed by atoms with E-state index in [2.05, 4.69) is 25.4 Å². The van der Waals surface area contributed by atoms with Gasteiger partial charge in [-0.05, 0) is 18.2 Å². The normalized spacial score (nSPS) is 11.4. The lowest BCUT2D eigenvalue weighted by Gasteiger charge is -2.10. The molecule has 3 heterocycles. The second kappa shape index (κ2) is 6.60. The fourth-order valence-corrected chi connectivity index (χ4v) is 2.95. The number of thioether (sulfide) groups is 1. The number of rotatable bonds is 5. The molecule has 0 aliphatic heterocycles. The SMILES string of the molecule is CSc1ncc(CNC(=O)c2cc(C(C)C)n3ncnc3n2)n1C. The number of hydrogen-bond acceptors (Lipinski definition) is 6. The summed E-state index contributed by atoms with van der Waals surface area (Å²) in [5, 5.41) is 7.95. The Hall–Kier alpha value is -2.42. The molecule has 0 aliphatic rings. The molecule has 0 unspecified atom stereocenters. The zero-order chi connectivity index (χ0) is 17.3. The highest BCUT2D eigenvalue weighted by molar-refractivity contribution is 7.98. The molecule has 0 saturated heterocycles. The molecular weight excluding hydrogens is 326 g/mol. The summed E-state index contributed by atoms with van der Waals surface area (Å²) >= 11 is 1.56. The van der Waals surface area contributed by atoms with Crippen molar-refractivity contribution >= 4 is 23.4 Å². The maximum atomic E-state index is 12.5. The molecule has 0 saturated carbocycles. The van der Waals surface area contributed by atoms with E-state index in [-0.39, 0.29) is 11.8 Å². The van der Waals surface area contributed by atoms with E-state index in [4.69, 9.17) is 0 Å². The number of amides is 1. The summed E-state index contributed by atoms with van der Waals surface area (Å²) in [6.07, 6.45) is 5.17. The van der Waals surface area contributed by atoms with Gasteiger partial charge < -0.3 is 9.88 Å². The number of carbonyl (C=O) groups is 1. The number of nitrogens with zero attached hydrogens (tertiary/aromatic N) is 6. The number of fused-ring (bicyclic) bond motifs is 1. The highest BCUT2D eigenvalue weighted by Gasteiger charge is 2.16. The Kier molecular flexibility index (Phi) is 4.52. The average molecular weight is 345 g/mol. The molecule has 0 radical (unpaired) electrons.